The zero-order valence-electron chi connectivity index (χ0n) is 19.4. The fourth-order valence-corrected chi connectivity index (χ4v) is 4.93. The highest BCUT2D eigenvalue weighted by atomic mass is 35.5. The quantitative estimate of drug-likeness (QED) is 0.623. The minimum Gasteiger partial charge on any atom is -0.380 e. The van der Waals surface area contributed by atoms with E-state index in [1.807, 2.05) is 24.0 Å². The zero-order valence-corrected chi connectivity index (χ0v) is 20.9. The Hall–Kier alpha value is -1.93. The standard InChI is InChI=1S/C24H31Cl2N5O2/c1-16-21(28-15-29-22(16)27-11-17-4-5-19(25)20(26)10-17)23(32)31-8-6-18(7-9-31)30(3)12-24(2)13-33-14-24/h4-5,10,15,18H,6-9,11-14H2,1-3H3,(H,27,28,29). The molecule has 2 aliphatic rings. The monoisotopic (exact) mass is 491 g/mol. The number of carbonyl (C=O) groups excluding carboxylic acids is 1. The Balaban J connectivity index is 1.35. The van der Waals surface area contributed by atoms with Crippen molar-refractivity contribution in [2.75, 3.05) is 45.2 Å². The third-order valence-electron chi connectivity index (χ3n) is 6.64. The minimum absolute atomic E-state index is 0.0343. The highest BCUT2D eigenvalue weighted by Gasteiger charge is 2.37. The summed E-state index contributed by atoms with van der Waals surface area (Å²) in [6.45, 7) is 8.84. The Morgan fingerprint density at radius 3 is 2.61 bits per heavy atom. The van der Waals surface area contributed by atoms with Crippen molar-refractivity contribution >= 4 is 34.9 Å². The first-order valence-electron chi connectivity index (χ1n) is 11.3. The number of halogens is 2. The molecular formula is C24H31Cl2N5O2. The summed E-state index contributed by atoms with van der Waals surface area (Å²) < 4.78 is 5.39. The first-order chi connectivity index (χ1) is 15.8. The topological polar surface area (TPSA) is 70.6 Å². The molecule has 4 rings (SSSR count). The lowest BCUT2D eigenvalue weighted by Gasteiger charge is -2.44. The summed E-state index contributed by atoms with van der Waals surface area (Å²) in [6, 6.07) is 5.98. The lowest BCUT2D eigenvalue weighted by Crippen LogP contribution is -2.52. The van der Waals surface area contributed by atoms with Crippen molar-refractivity contribution in [3.8, 4) is 0 Å². The molecule has 0 spiro atoms. The molecule has 7 nitrogen and oxygen atoms in total. The molecule has 1 aromatic carbocycles. The molecule has 1 amide bonds. The van der Waals surface area contributed by atoms with E-state index in [4.69, 9.17) is 27.9 Å². The van der Waals surface area contributed by atoms with E-state index < -0.39 is 0 Å². The van der Waals surface area contributed by atoms with Crippen molar-refractivity contribution in [1.29, 1.82) is 0 Å². The first kappa shape index (κ1) is 24.2. The highest BCUT2D eigenvalue weighted by molar-refractivity contribution is 6.42. The number of rotatable bonds is 7. The Bertz CT molecular complexity index is 1010. The number of nitrogens with one attached hydrogen (secondary N) is 1. The van der Waals surface area contributed by atoms with Crippen molar-refractivity contribution in [1.82, 2.24) is 19.8 Å². The molecule has 9 heteroatoms. The summed E-state index contributed by atoms with van der Waals surface area (Å²) in [6.07, 6.45) is 3.37. The lowest BCUT2D eigenvalue weighted by atomic mass is 9.87. The second-order valence-corrected chi connectivity index (χ2v) is 10.4. The van der Waals surface area contributed by atoms with Gasteiger partial charge in [0.05, 0.1) is 23.3 Å². The molecule has 0 saturated carbocycles. The molecule has 0 bridgehead atoms. The van der Waals surface area contributed by atoms with Crippen molar-refractivity contribution in [2.45, 2.75) is 39.3 Å². The zero-order chi connectivity index (χ0) is 23.6. The maximum Gasteiger partial charge on any atom is 0.272 e. The average molecular weight is 492 g/mol. The summed E-state index contributed by atoms with van der Waals surface area (Å²) in [5, 5.41) is 4.32. The summed E-state index contributed by atoms with van der Waals surface area (Å²) in [4.78, 5) is 26.2. The van der Waals surface area contributed by atoms with Gasteiger partial charge in [-0.1, -0.05) is 36.2 Å². The van der Waals surface area contributed by atoms with Crippen LogP contribution >= 0.6 is 23.2 Å². The molecule has 178 valence electrons. The van der Waals surface area contributed by atoms with Crippen molar-refractivity contribution in [2.24, 2.45) is 5.41 Å². The molecule has 2 fully saturated rings. The van der Waals surface area contributed by atoms with Crippen LogP contribution in [0.25, 0.3) is 0 Å². The van der Waals surface area contributed by atoms with Gasteiger partial charge in [0.25, 0.3) is 5.91 Å². The number of amides is 1. The van der Waals surface area contributed by atoms with Crippen LogP contribution in [0.3, 0.4) is 0 Å². The SMILES string of the molecule is Cc1c(NCc2ccc(Cl)c(Cl)c2)ncnc1C(=O)N1CCC(N(C)CC2(C)COC2)CC1. The van der Waals surface area contributed by atoms with E-state index in [-0.39, 0.29) is 11.3 Å². The number of likely N-dealkylation sites (tertiary alicyclic amines) is 1. The largest absolute Gasteiger partial charge is 0.380 e. The molecule has 2 aromatic rings. The van der Waals surface area contributed by atoms with Gasteiger partial charge >= 0.3 is 0 Å². The number of hydrogen-bond acceptors (Lipinski definition) is 6. The maximum atomic E-state index is 13.2. The first-order valence-corrected chi connectivity index (χ1v) is 12.1. The summed E-state index contributed by atoms with van der Waals surface area (Å²) >= 11 is 12.1. The van der Waals surface area contributed by atoms with Gasteiger partial charge in [-0.05, 0) is 44.5 Å². The Kier molecular flexibility index (Phi) is 7.43. The molecule has 0 radical (unpaired) electrons. The number of piperidine rings is 1. The number of hydrogen-bond donors (Lipinski definition) is 1. The van der Waals surface area contributed by atoms with E-state index >= 15 is 0 Å². The molecule has 0 atom stereocenters. The van der Waals surface area contributed by atoms with E-state index in [0.29, 0.717) is 34.1 Å². The number of aromatic nitrogens is 2. The third kappa shape index (κ3) is 5.60. The van der Waals surface area contributed by atoms with E-state index in [1.54, 1.807) is 6.07 Å². The second-order valence-electron chi connectivity index (χ2n) is 9.54. The smallest absolute Gasteiger partial charge is 0.272 e. The molecule has 1 N–H and O–H groups in total. The predicted octanol–water partition coefficient (Wildman–Crippen LogP) is 4.28. The Morgan fingerprint density at radius 1 is 1.24 bits per heavy atom. The second kappa shape index (κ2) is 10.1. The molecule has 2 aliphatic heterocycles. The number of nitrogens with zero attached hydrogens (tertiary/aromatic N) is 4. The van der Waals surface area contributed by atoms with Crippen molar-refractivity contribution in [3.63, 3.8) is 0 Å². The number of carbonyl (C=O) groups is 1. The van der Waals surface area contributed by atoms with E-state index in [0.717, 1.165) is 56.8 Å². The van der Waals surface area contributed by atoms with Crippen molar-refractivity contribution in [3.05, 3.63) is 51.4 Å². The molecule has 33 heavy (non-hydrogen) atoms. The van der Waals surface area contributed by atoms with E-state index in [9.17, 15) is 4.79 Å². The van der Waals surface area contributed by atoms with Gasteiger partial charge in [-0.15, -0.1) is 0 Å². The van der Waals surface area contributed by atoms with Crippen LogP contribution in [0.5, 0.6) is 0 Å². The highest BCUT2D eigenvalue weighted by Crippen LogP contribution is 2.29. The van der Waals surface area contributed by atoms with E-state index in [2.05, 4.69) is 34.2 Å². The lowest BCUT2D eigenvalue weighted by molar-refractivity contribution is -0.117. The summed E-state index contributed by atoms with van der Waals surface area (Å²) in [5.74, 6) is 0.609. The Labute approximate surface area is 205 Å². The minimum atomic E-state index is -0.0343. The van der Waals surface area contributed by atoms with Gasteiger partial charge in [-0.3, -0.25) is 4.79 Å². The van der Waals surface area contributed by atoms with Gasteiger partial charge in [0.15, 0.2) is 0 Å². The molecule has 0 aliphatic carbocycles. The van der Waals surface area contributed by atoms with Gasteiger partial charge in [-0.2, -0.15) is 0 Å². The average Bonchev–Trinajstić information content (AvgIpc) is 2.79. The molecule has 3 heterocycles. The number of ether oxygens (including phenoxy) is 1. The molecule has 1 aromatic heterocycles. The van der Waals surface area contributed by atoms with Gasteiger partial charge in [0.2, 0.25) is 0 Å². The van der Waals surface area contributed by atoms with Crippen LogP contribution in [0.1, 0.15) is 41.4 Å². The van der Waals surface area contributed by atoms with Crippen molar-refractivity contribution < 1.29 is 9.53 Å². The molecule has 0 unspecified atom stereocenters. The van der Waals surface area contributed by atoms with Crippen LogP contribution in [0.4, 0.5) is 5.82 Å². The Morgan fingerprint density at radius 2 is 1.97 bits per heavy atom. The van der Waals surface area contributed by atoms with Crippen LogP contribution in [-0.4, -0.2) is 71.6 Å². The third-order valence-corrected chi connectivity index (χ3v) is 7.38. The fraction of sp³-hybridized carbons (Fsp3) is 0.542. The van der Waals surface area contributed by atoms with Crippen LogP contribution in [-0.2, 0) is 11.3 Å². The predicted molar refractivity (Wildman–Crippen MR) is 131 cm³/mol. The summed E-state index contributed by atoms with van der Waals surface area (Å²) in [7, 11) is 2.19. The molecular weight excluding hydrogens is 461 g/mol. The normalized spacial score (nSPS) is 18.3. The fourth-order valence-electron chi connectivity index (χ4n) is 4.61. The maximum absolute atomic E-state index is 13.2. The van der Waals surface area contributed by atoms with Gasteiger partial charge in [0.1, 0.15) is 17.8 Å². The summed E-state index contributed by atoms with van der Waals surface area (Å²) in [5.41, 5.74) is 2.44. The van der Waals surface area contributed by atoms with Crippen LogP contribution < -0.4 is 5.32 Å². The van der Waals surface area contributed by atoms with Crippen LogP contribution in [0.15, 0.2) is 24.5 Å². The van der Waals surface area contributed by atoms with Gasteiger partial charge < -0.3 is 19.9 Å². The molecule has 2 saturated heterocycles. The number of anilines is 1. The van der Waals surface area contributed by atoms with Gasteiger partial charge in [-0.25, -0.2) is 9.97 Å². The number of benzene rings is 1. The van der Waals surface area contributed by atoms with Crippen LogP contribution in [0, 0.1) is 12.3 Å². The van der Waals surface area contributed by atoms with Crippen LogP contribution in [0.2, 0.25) is 10.0 Å². The van der Waals surface area contributed by atoms with Gasteiger partial charge in [0, 0.05) is 43.2 Å². The van der Waals surface area contributed by atoms with E-state index in [1.165, 1.54) is 6.33 Å².